The summed E-state index contributed by atoms with van der Waals surface area (Å²) in [7, 11) is 0. The van der Waals surface area contributed by atoms with Crippen molar-refractivity contribution in [2.75, 3.05) is 5.84 Å². The van der Waals surface area contributed by atoms with Gasteiger partial charge >= 0.3 is 6.36 Å². The predicted molar refractivity (Wildman–Crippen MR) is 106 cm³/mol. The highest BCUT2D eigenvalue weighted by Gasteiger charge is 2.38. The molecular formula is C22H20F3N3O2. The molecular weight excluding hydrogens is 395 g/mol. The topological polar surface area (TPSA) is 70.1 Å². The monoisotopic (exact) mass is 415 g/mol. The zero-order valence-electron chi connectivity index (χ0n) is 16.5. The van der Waals surface area contributed by atoms with Crippen LogP contribution >= 0.6 is 0 Å². The molecule has 0 atom stereocenters. The van der Waals surface area contributed by atoms with Gasteiger partial charge in [0.1, 0.15) is 5.75 Å². The van der Waals surface area contributed by atoms with Crippen LogP contribution in [0.2, 0.25) is 0 Å². The molecule has 0 saturated heterocycles. The molecule has 0 saturated carbocycles. The van der Waals surface area contributed by atoms with Crippen LogP contribution in [0.4, 0.5) is 13.2 Å². The number of pyridine rings is 1. The van der Waals surface area contributed by atoms with Gasteiger partial charge in [-0.3, -0.25) is 14.5 Å². The quantitative estimate of drug-likeness (QED) is 0.612. The Morgan fingerprint density at radius 1 is 1.07 bits per heavy atom. The van der Waals surface area contributed by atoms with Gasteiger partial charge in [0.05, 0.1) is 11.4 Å². The van der Waals surface area contributed by atoms with Crippen molar-refractivity contribution in [2.24, 2.45) is 5.41 Å². The van der Waals surface area contributed by atoms with Gasteiger partial charge in [0.15, 0.2) is 5.78 Å². The molecule has 1 aliphatic rings. The second-order valence-electron chi connectivity index (χ2n) is 8.17. The molecule has 4 rings (SSSR count). The number of aromatic nitrogens is 2. The Labute approximate surface area is 171 Å². The van der Waals surface area contributed by atoms with Crippen LogP contribution in [0.3, 0.4) is 0 Å². The standard InChI is InChI=1S/C22H20F3N3O2/c1-21(2)11-16-19(17(29)12-21)18(20(28(16)26)13-6-8-27-9-7-13)14-4-3-5-15(10-14)30-22(23,24)25/h3-10H,11-12,26H2,1-2H3. The number of nitrogens with zero attached hydrogens (tertiary/aromatic N) is 2. The highest BCUT2D eigenvalue weighted by molar-refractivity contribution is 6.08. The van der Waals surface area contributed by atoms with Crippen molar-refractivity contribution in [1.29, 1.82) is 0 Å². The smallest absolute Gasteiger partial charge is 0.406 e. The Balaban J connectivity index is 1.98. The lowest BCUT2D eigenvalue weighted by atomic mass is 9.75. The van der Waals surface area contributed by atoms with Gasteiger partial charge < -0.3 is 10.6 Å². The number of halogens is 3. The summed E-state index contributed by atoms with van der Waals surface area (Å²) in [5, 5.41) is 0. The van der Waals surface area contributed by atoms with Crippen LogP contribution in [0, 0.1) is 5.41 Å². The zero-order valence-corrected chi connectivity index (χ0v) is 16.5. The van der Waals surface area contributed by atoms with E-state index < -0.39 is 6.36 Å². The Morgan fingerprint density at radius 3 is 2.43 bits per heavy atom. The summed E-state index contributed by atoms with van der Waals surface area (Å²) in [6.07, 6.45) is -0.724. The first-order valence-electron chi connectivity index (χ1n) is 9.38. The van der Waals surface area contributed by atoms with Crippen molar-refractivity contribution in [2.45, 2.75) is 33.1 Å². The maximum atomic E-state index is 13.1. The number of nitrogens with two attached hydrogens (primary N) is 1. The van der Waals surface area contributed by atoms with Crippen LogP contribution in [0.25, 0.3) is 22.4 Å². The molecule has 2 heterocycles. The van der Waals surface area contributed by atoms with Crippen LogP contribution in [-0.2, 0) is 6.42 Å². The van der Waals surface area contributed by atoms with E-state index in [-0.39, 0.29) is 16.9 Å². The van der Waals surface area contributed by atoms with E-state index in [4.69, 9.17) is 5.84 Å². The van der Waals surface area contributed by atoms with Crippen molar-refractivity contribution in [1.82, 2.24) is 9.66 Å². The Morgan fingerprint density at radius 2 is 1.77 bits per heavy atom. The molecule has 0 amide bonds. The Bertz CT molecular complexity index is 1120. The fraction of sp³-hybridized carbons (Fsp3) is 0.273. The average Bonchev–Trinajstić information content (AvgIpc) is 2.93. The summed E-state index contributed by atoms with van der Waals surface area (Å²) in [6.45, 7) is 3.98. The van der Waals surface area contributed by atoms with Crippen LogP contribution in [-0.4, -0.2) is 21.8 Å². The predicted octanol–water partition coefficient (Wildman–Crippen LogP) is 4.98. The number of rotatable bonds is 3. The van der Waals surface area contributed by atoms with Gasteiger partial charge in [0, 0.05) is 35.5 Å². The van der Waals surface area contributed by atoms with Crippen LogP contribution in [0.1, 0.15) is 36.3 Å². The van der Waals surface area contributed by atoms with E-state index in [9.17, 15) is 18.0 Å². The minimum Gasteiger partial charge on any atom is -0.406 e. The van der Waals surface area contributed by atoms with Gasteiger partial charge in [0.2, 0.25) is 0 Å². The lowest BCUT2D eigenvalue weighted by molar-refractivity contribution is -0.274. The van der Waals surface area contributed by atoms with Crippen molar-refractivity contribution >= 4 is 5.78 Å². The molecule has 0 fully saturated rings. The van der Waals surface area contributed by atoms with Crippen LogP contribution in [0.5, 0.6) is 5.75 Å². The first kappa shape index (κ1) is 20.0. The number of nitrogen functional groups attached to an aromatic ring is 1. The number of ketones is 1. The average molecular weight is 415 g/mol. The molecule has 1 aliphatic carbocycles. The van der Waals surface area contributed by atoms with E-state index in [0.29, 0.717) is 46.5 Å². The first-order valence-corrected chi connectivity index (χ1v) is 9.38. The van der Waals surface area contributed by atoms with Crippen LogP contribution < -0.4 is 10.6 Å². The normalized spacial score (nSPS) is 15.7. The molecule has 0 aliphatic heterocycles. The zero-order chi connectivity index (χ0) is 21.7. The highest BCUT2D eigenvalue weighted by Crippen LogP contribution is 2.45. The summed E-state index contributed by atoms with van der Waals surface area (Å²) >= 11 is 0. The fourth-order valence-corrected chi connectivity index (χ4v) is 4.07. The molecule has 5 nitrogen and oxygen atoms in total. The summed E-state index contributed by atoms with van der Waals surface area (Å²) in [4.78, 5) is 17.1. The number of benzene rings is 1. The van der Waals surface area contributed by atoms with Gasteiger partial charge in [-0.05, 0) is 41.7 Å². The lowest BCUT2D eigenvalue weighted by Gasteiger charge is -2.29. The number of carbonyl (C=O) groups is 1. The second kappa shape index (κ2) is 6.90. The highest BCUT2D eigenvalue weighted by atomic mass is 19.4. The molecule has 0 spiro atoms. The summed E-state index contributed by atoms with van der Waals surface area (Å²) in [6, 6.07) is 9.11. The van der Waals surface area contributed by atoms with E-state index in [0.717, 1.165) is 0 Å². The minimum atomic E-state index is -4.81. The first-order chi connectivity index (χ1) is 14.1. The number of alkyl halides is 3. The number of hydrogen-bond acceptors (Lipinski definition) is 4. The van der Waals surface area contributed by atoms with Crippen molar-refractivity contribution < 1.29 is 22.7 Å². The summed E-state index contributed by atoms with van der Waals surface area (Å²) in [5.74, 6) is 6.01. The van der Waals surface area contributed by atoms with Gasteiger partial charge in [0.25, 0.3) is 0 Å². The van der Waals surface area contributed by atoms with E-state index in [2.05, 4.69) is 9.72 Å². The Kier molecular flexibility index (Phi) is 4.60. The second-order valence-corrected chi connectivity index (χ2v) is 8.17. The minimum absolute atomic E-state index is 0.0853. The van der Waals surface area contributed by atoms with E-state index in [1.54, 1.807) is 30.6 Å². The number of carbonyl (C=O) groups excluding carboxylic acids is 1. The molecule has 0 radical (unpaired) electrons. The number of ether oxygens (including phenoxy) is 1. The Hall–Kier alpha value is -3.29. The number of hydrogen-bond donors (Lipinski definition) is 1. The maximum absolute atomic E-state index is 13.1. The molecule has 8 heteroatoms. The third kappa shape index (κ3) is 3.65. The number of fused-ring (bicyclic) bond motifs is 1. The van der Waals surface area contributed by atoms with Crippen molar-refractivity contribution in [3.8, 4) is 28.1 Å². The third-order valence-electron chi connectivity index (χ3n) is 5.18. The lowest BCUT2D eigenvalue weighted by Crippen LogP contribution is -2.29. The van der Waals surface area contributed by atoms with Gasteiger partial charge in [-0.25, -0.2) is 0 Å². The molecule has 3 aromatic rings. The summed E-state index contributed by atoms with van der Waals surface area (Å²) < 4.78 is 43.8. The molecule has 0 bridgehead atoms. The van der Waals surface area contributed by atoms with Crippen molar-refractivity contribution in [3.05, 3.63) is 60.0 Å². The molecule has 156 valence electrons. The van der Waals surface area contributed by atoms with Crippen LogP contribution in [0.15, 0.2) is 48.8 Å². The fourth-order valence-electron chi connectivity index (χ4n) is 4.07. The molecule has 2 N–H and O–H groups in total. The molecule has 1 aromatic carbocycles. The molecule has 0 unspecified atom stereocenters. The van der Waals surface area contributed by atoms with Crippen molar-refractivity contribution in [3.63, 3.8) is 0 Å². The SMILES string of the molecule is CC1(C)CC(=O)c2c(-c3cccc(OC(F)(F)F)c3)c(-c3ccncc3)n(N)c2C1. The number of Topliss-reactive ketones (excluding diaryl/α,β-unsaturated/α-hetero) is 1. The summed E-state index contributed by atoms with van der Waals surface area (Å²) in [5.41, 5.74) is 3.05. The maximum Gasteiger partial charge on any atom is 0.573 e. The van der Waals surface area contributed by atoms with E-state index in [1.165, 1.54) is 22.9 Å². The van der Waals surface area contributed by atoms with Gasteiger partial charge in [-0.1, -0.05) is 26.0 Å². The van der Waals surface area contributed by atoms with E-state index in [1.807, 2.05) is 13.8 Å². The molecule has 30 heavy (non-hydrogen) atoms. The third-order valence-corrected chi connectivity index (χ3v) is 5.18. The van der Waals surface area contributed by atoms with Gasteiger partial charge in [-0.15, -0.1) is 13.2 Å². The van der Waals surface area contributed by atoms with E-state index >= 15 is 0 Å². The largest absolute Gasteiger partial charge is 0.573 e. The van der Waals surface area contributed by atoms with Gasteiger partial charge in [-0.2, -0.15) is 0 Å². The molecule has 2 aromatic heterocycles.